The molecule has 1 aromatic heterocycles. The predicted molar refractivity (Wildman–Crippen MR) is 51.2 cm³/mol. The van der Waals surface area contributed by atoms with Gasteiger partial charge < -0.3 is 5.11 Å². The number of aliphatic hydroxyl groups is 1. The van der Waals surface area contributed by atoms with E-state index in [0.717, 1.165) is 31.4 Å². The molecule has 0 atom stereocenters. The number of pyridine rings is 1. The Hall–Kier alpha value is -0.890. The first-order chi connectivity index (χ1) is 6.31. The predicted octanol–water partition coefficient (Wildman–Crippen LogP) is 2.23. The Morgan fingerprint density at radius 2 is 1.92 bits per heavy atom. The van der Waals surface area contributed by atoms with E-state index >= 15 is 0 Å². The van der Waals surface area contributed by atoms with Crippen molar-refractivity contribution in [2.24, 2.45) is 0 Å². The lowest BCUT2D eigenvalue weighted by molar-refractivity contribution is -0.00462. The van der Waals surface area contributed by atoms with E-state index in [4.69, 9.17) is 0 Å². The molecule has 0 radical (unpaired) electrons. The van der Waals surface area contributed by atoms with Crippen LogP contribution < -0.4 is 0 Å². The molecule has 0 amide bonds. The topological polar surface area (TPSA) is 33.1 Å². The number of hydrogen-bond donors (Lipinski definition) is 1. The number of rotatable bonds is 1. The van der Waals surface area contributed by atoms with Crippen LogP contribution >= 0.6 is 0 Å². The average molecular weight is 177 g/mol. The number of nitrogens with zero attached hydrogens (tertiary/aromatic N) is 1. The molecule has 1 aromatic rings. The summed E-state index contributed by atoms with van der Waals surface area (Å²) in [6.07, 6.45) is 6.96. The van der Waals surface area contributed by atoms with Gasteiger partial charge in [-0.3, -0.25) is 4.98 Å². The summed E-state index contributed by atoms with van der Waals surface area (Å²) in [5.41, 5.74) is 0.203. The van der Waals surface area contributed by atoms with Gasteiger partial charge in [0, 0.05) is 6.20 Å². The molecule has 1 aliphatic rings. The monoisotopic (exact) mass is 177 g/mol. The van der Waals surface area contributed by atoms with Gasteiger partial charge >= 0.3 is 0 Å². The second-order valence-electron chi connectivity index (χ2n) is 3.81. The Morgan fingerprint density at radius 1 is 1.15 bits per heavy atom. The maximum Gasteiger partial charge on any atom is 0.106 e. The fraction of sp³-hybridized carbons (Fsp3) is 0.545. The third kappa shape index (κ3) is 1.73. The van der Waals surface area contributed by atoms with Crippen molar-refractivity contribution < 1.29 is 5.11 Å². The molecule has 0 aliphatic heterocycles. The van der Waals surface area contributed by atoms with E-state index in [1.807, 2.05) is 18.2 Å². The van der Waals surface area contributed by atoms with Crippen molar-refractivity contribution in [2.45, 2.75) is 37.7 Å². The Kier molecular flexibility index (Phi) is 2.32. The second kappa shape index (κ2) is 3.46. The molecule has 1 N–H and O–H groups in total. The Morgan fingerprint density at radius 3 is 2.54 bits per heavy atom. The van der Waals surface area contributed by atoms with E-state index in [2.05, 4.69) is 4.98 Å². The van der Waals surface area contributed by atoms with Gasteiger partial charge in [0.05, 0.1) is 5.69 Å². The first kappa shape index (κ1) is 8.70. The molecule has 13 heavy (non-hydrogen) atoms. The van der Waals surface area contributed by atoms with Gasteiger partial charge in [-0.2, -0.15) is 0 Å². The SMILES string of the molecule is OC1(c2ccccn2)CCCCC1. The fourth-order valence-corrected chi connectivity index (χ4v) is 2.03. The zero-order valence-corrected chi connectivity index (χ0v) is 7.74. The van der Waals surface area contributed by atoms with Crippen LogP contribution in [0.2, 0.25) is 0 Å². The van der Waals surface area contributed by atoms with Gasteiger partial charge in [-0.25, -0.2) is 0 Å². The molecule has 2 rings (SSSR count). The molecule has 1 fully saturated rings. The van der Waals surface area contributed by atoms with Gasteiger partial charge in [0.2, 0.25) is 0 Å². The minimum Gasteiger partial charge on any atom is -0.384 e. The van der Waals surface area contributed by atoms with Crippen molar-refractivity contribution in [3.8, 4) is 0 Å². The first-order valence-electron chi connectivity index (χ1n) is 4.95. The molecule has 1 heterocycles. The summed E-state index contributed by atoms with van der Waals surface area (Å²) in [5, 5.41) is 10.3. The summed E-state index contributed by atoms with van der Waals surface area (Å²) in [4.78, 5) is 4.22. The quantitative estimate of drug-likeness (QED) is 0.713. The second-order valence-corrected chi connectivity index (χ2v) is 3.81. The maximum absolute atomic E-state index is 10.3. The zero-order valence-electron chi connectivity index (χ0n) is 7.74. The standard InChI is InChI=1S/C11H15NO/c13-11(7-3-1-4-8-11)10-6-2-5-9-12-10/h2,5-6,9,13H,1,3-4,7-8H2. The molecule has 70 valence electrons. The van der Waals surface area contributed by atoms with Crippen molar-refractivity contribution in [3.63, 3.8) is 0 Å². The fourth-order valence-electron chi connectivity index (χ4n) is 2.03. The molecular formula is C11H15NO. The molecule has 0 saturated heterocycles. The number of hydrogen-bond acceptors (Lipinski definition) is 2. The zero-order chi connectivity index (χ0) is 9.15. The largest absolute Gasteiger partial charge is 0.384 e. The van der Waals surface area contributed by atoms with E-state index in [1.54, 1.807) is 6.20 Å². The van der Waals surface area contributed by atoms with Crippen molar-refractivity contribution in [1.82, 2.24) is 4.98 Å². The highest BCUT2D eigenvalue weighted by molar-refractivity contribution is 5.13. The summed E-state index contributed by atoms with van der Waals surface area (Å²) >= 11 is 0. The minimum absolute atomic E-state index is 0.639. The van der Waals surface area contributed by atoms with Gasteiger partial charge in [0.1, 0.15) is 5.60 Å². The van der Waals surface area contributed by atoms with Crippen LogP contribution in [0.3, 0.4) is 0 Å². The Balaban J connectivity index is 2.23. The van der Waals surface area contributed by atoms with Crippen LogP contribution in [-0.2, 0) is 5.60 Å². The van der Waals surface area contributed by atoms with Crippen molar-refractivity contribution in [2.75, 3.05) is 0 Å². The number of aromatic nitrogens is 1. The highest BCUT2D eigenvalue weighted by Crippen LogP contribution is 2.35. The maximum atomic E-state index is 10.3. The highest BCUT2D eigenvalue weighted by atomic mass is 16.3. The average Bonchev–Trinajstić information content (AvgIpc) is 2.20. The van der Waals surface area contributed by atoms with Crippen LogP contribution in [0.4, 0.5) is 0 Å². The van der Waals surface area contributed by atoms with Crippen molar-refractivity contribution >= 4 is 0 Å². The van der Waals surface area contributed by atoms with Gasteiger partial charge in [-0.1, -0.05) is 25.3 Å². The molecular weight excluding hydrogens is 162 g/mol. The lowest BCUT2D eigenvalue weighted by atomic mass is 9.82. The van der Waals surface area contributed by atoms with Gasteiger partial charge in [-0.15, -0.1) is 0 Å². The van der Waals surface area contributed by atoms with Gasteiger partial charge in [0.15, 0.2) is 0 Å². The summed E-state index contributed by atoms with van der Waals surface area (Å²) < 4.78 is 0. The normalized spacial score (nSPS) is 21.3. The third-order valence-corrected chi connectivity index (χ3v) is 2.82. The van der Waals surface area contributed by atoms with Gasteiger partial charge in [-0.05, 0) is 25.0 Å². The Bertz CT molecular complexity index is 265. The van der Waals surface area contributed by atoms with Crippen LogP contribution in [0.25, 0.3) is 0 Å². The van der Waals surface area contributed by atoms with E-state index in [0.29, 0.717) is 0 Å². The van der Waals surface area contributed by atoms with Crippen molar-refractivity contribution in [1.29, 1.82) is 0 Å². The lowest BCUT2D eigenvalue weighted by Gasteiger charge is -2.31. The third-order valence-electron chi connectivity index (χ3n) is 2.82. The summed E-state index contributed by atoms with van der Waals surface area (Å²) in [6.45, 7) is 0. The van der Waals surface area contributed by atoms with Gasteiger partial charge in [0.25, 0.3) is 0 Å². The smallest absolute Gasteiger partial charge is 0.106 e. The molecule has 0 aromatic carbocycles. The minimum atomic E-state index is -0.639. The molecule has 2 heteroatoms. The first-order valence-corrected chi connectivity index (χ1v) is 4.95. The summed E-state index contributed by atoms with van der Waals surface area (Å²) in [7, 11) is 0. The molecule has 2 nitrogen and oxygen atoms in total. The summed E-state index contributed by atoms with van der Waals surface area (Å²) in [5.74, 6) is 0. The molecule has 1 aliphatic carbocycles. The summed E-state index contributed by atoms with van der Waals surface area (Å²) in [6, 6.07) is 5.75. The van der Waals surface area contributed by atoms with E-state index in [1.165, 1.54) is 6.42 Å². The molecule has 0 unspecified atom stereocenters. The van der Waals surface area contributed by atoms with Crippen LogP contribution in [-0.4, -0.2) is 10.1 Å². The lowest BCUT2D eigenvalue weighted by Crippen LogP contribution is -2.29. The molecule has 1 saturated carbocycles. The van der Waals surface area contributed by atoms with E-state index in [9.17, 15) is 5.11 Å². The van der Waals surface area contributed by atoms with Crippen LogP contribution in [0.15, 0.2) is 24.4 Å². The molecule has 0 spiro atoms. The van der Waals surface area contributed by atoms with Crippen LogP contribution in [0.1, 0.15) is 37.8 Å². The van der Waals surface area contributed by atoms with E-state index < -0.39 is 5.60 Å². The Labute approximate surface area is 78.6 Å². The van der Waals surface area contributed by atoms with Crippen LogP contribution in [0.5, 0.6) is 0 Å². The highest BCUT2D eigenvalue weighted by Gasteiger charge is 2.31. The van der Waals surface area contributed by atoms with E-state index in [-0.39, 0.29) is 0 Å². The van der Waals surface area contributed by atoms with Crippen molar-refractivity contribution in [3.05, 3.63) is 30.1 Å². The molecule has 0 bridgehead atoms. The van der Waals surface area contributed by atoms with Crippen LogP contribution in [0, 0.1) is 0 Å².